The van der Waals surface area contributed by atoms with Crippen LogP contribution in [0.15, 0.2) is 16.6 Å². The van der Waals surface area contributed by atoms with Crippen LogP contribution >= 0.6 is 38.5 Å². The van der Waals surface area contributed by atoms with Crippen molar-refractivity contribution >= 4 is 44.5 Å². The molecule has 12 heavy (non-hydrogen) atoms. The lowest BCUT2D eigenvalue weighted by Crippen LogP contribution is -1.99. The quantitative estimate of drug-likeness (QED) is 0.628. The number of carboxylic acids is 1. The Morgan fingerprint density at radius 1 is 1.58 bits per heavy atom. The summed E-state index contributed by atoms with van der Waals surface area (Å²) in [5.74, 6) is -1.66. The average Bonchev–Trinajstić information content (AvgIpc) is 1.96. The van der Waals surface area contributed by atoms with Gasteiger partial charge in [0, 0.05) is 8.04 Å². The van der Waals surface area contributed by atoms with E-state index in [2.05, 4.69) is 15.9 Å². The smallest absolute Gasteiger partial charge is 0.336 e. The molecular formula is C7H3BrFIO2. The van der Waals surface area contributed by atoms with Crippen LogP contribution < -0.4 is 0 Å². The molecule has 0 bridgehead atoms. The maximum Gasteiger partial charge on any atom is 0.336 e. The van der Waals surface area contributed by atoms with Crippen LogP contribution in [-0.2, 0) is 0 Å². The first-order valence-electron chi connectivity index (χ1n) is 2.90. The van der Waals surface area contributed by atoms with Gasteiger partial charge in [0.1, 0.15) is 5.82 Å². The number of halogens is 3. The molecule has 0 atom stereocenters. The molecule has 0 aliphatic heterocycles. The van der Waals surface area contributed by atoms with E-state index >= 15 is 0 Å². The predicted octanol–water partition coefficient (Wildman–Crippen LogP) is 2.89. The molecule has 0 aliphatic carbocycles. The van der Waals surface area contributed by atoms with Gasteiger partial charge in [-0.25, -0.2) is 9.18 Å². The van der Waals surface area contributed by atoms with Gasteiger partial charge in [0.05, 0.1) is 5.56 Å². The van der Waals surface area contributed by atoms with Gasteiger partial charge in [0.2, 0.25) is 0 Å². The zero-order valence-electron chi connectivity index (χ0n) is 5.64. The van der Waals surface area contributed by atoms with Gasteiger partial charge in [0.15, 0.2) is 0 Å². The maximum atomic E-state index is 12.8. The Kier molecular flexibility index (Phi) is 3.05. The van der Waals surface area contributed by atoms with Gasteiger partial charge < -0.3 is 5.11 Å². The zero-order valence-corrected chi connectivity index (χ0v) is 9.39. The molecule has 0 fully saturated rings. The van der Waals surface area contributed by atoms with Crippen molar-refractivity contribution in [2.24, 2.45) is 0 Å². The summed E-state index contributed by atoms with van der Waals surface area (Å²) in [6.45, 7) is 0. The summed E-state index contributed by atoms with van der Waals surface area (Å²) in [6.07, 6.45) is 0. The summed E-state index contributed by atoms with van der Waals surface area (Å²) in [5.41, 5.74) is -0.0621. The monoisotopic (exact) mass is 344 g/mol. The highest BCUT2D eigenvalue weighted by Gasteiger charge is 2.11. The normalized spacial score (nSPS) is 9.92. The molecule has 0 amide bonds. The molecular weight excluding hydrogens is 342 g/mol. The number of hydrogen-bond donors (Lipinski definition) is 1. The van der Waals surface area contributed by atoms with Crippen LogP contribution in [0.3, 0.4) is 0 Å². The molecule has 1 aromatic carbocycles. The highest BCUT2D eigenvalue weighted by Crippen LogP contribution is 2.22. The number of hydrogen-bond acceptors (Lipinski definition) is 1. The summed E-state index contributed by atoms with van der Waals surface area (Å²) >= 11 is 4.82. The zero-order chi connectivity index (χ0) is 9.30. The van der Waals surface area contributed by atoms with Crippen molar-refractivity contribution in [3.8, 4) is 0 Å². The van der Waals surface area contributed by atoms with Gasteiger partial charge in [-0.15, -0.1) is 0 Å². The molecule has 2 nitrogen and oxygen atoms in total. The third-order valence-electron chi connectivity index (χ3n) is 1.24. The molecule has 0 saturated carbocycles. The van der Waals surface area contributed by atoms with E-state index in [1.165, 1.54) is 6.07 Å². The topological polar surface area (TPSA) is 37.3 Å². The van der Waals surface area contributed by atoms with Crippen LogP contribution in [0.1, 0.15) is 10.4 Å². The molecule has 0 spiro atoms. The summed E-state index contributed by atoms with van der Waals surface area (Å²) in [5, 5.41) is 8.58. The Hall–Kier alpha value is -0.170. The van der Waals surface area contributed by atoms with Crippen LogP contribution in [0.2, 0.25) is 0 Å². The lowest BCUT2D eigenvalue weighted by atomic mass is 10.2. The van der Waals surface area contributed by atoms with E-state index in [0.29, 0.717) is 8.04 Å². The Morgan fingerprint density at radius 3 is 2.67 bits per heavy atom. The van der Waals surface area contributed by atoms with Crippen molar-refractivity contribution in [2.45, 2.75) is 0 Å². The van der Waals surface area contributed by atoms with Crippen LogP contribution in [0.25, 0.3) is 0 Å². The molecule has 5 heteroatoms. The SMILES string of the molecule is O=C(O)c1cc(F)c(I)cc1Br. The van der Waals surface area contributed by atoms with Gasteiger partial charge in [-0.1, -0.05) is 0 Å². The first kappa shape index (κ1) is 9.91. The van der Waals surface area contributed by atoms with Crippen molar-refractivity contribution in [1.82, 2.24) is 0 Å². The number of carbonyl (C=O) groups is 1. The summed E-state index contributed by atoms with van der Waals surface area (Å²) in [4.78, 5) is 10.5. The minimum atomic E-state index is -1.14. The third-order valence-corrected chi connectivity index (χ3v) is 2.72. The average molecular weight is 345 g/mol. The Bertz CT molecular complexity index is 340. The number of carboxylic acid groups (broad SMARTS) is 1. The van der Waals surface area contributed by atoms with Crippen LogP contribution in [0, 0.1) is 9.39 Å². The summed E-state index contributed by atoms with van der Waals surface area (Å²) in [7, 11) is 0. The standard InChI is InChI=1S/C7H3BrFIO2/c8-4-2-6(10)5(9)1-3(4)7(11)12/h1-2H,(H,11,12). The fourth-order valence-corrected chi connectivity index (χ4v) is 2.09. The molecule has 0 aliphatic rings. The van der Waals surface area contributed by atoms with E-state index in [1.54, 1.807) is 22.6 Å². The minimum Gasteiger partial charge on any atom is -0.478 e. The third kappa shape index (κ3) is 1.95. The van der Waals surface area contributed by atoms with Crippen molar-refractivity contribution in [3.63, 3.8) is 0 Å². The second-order valence-electron chi connectivity index (χ2n) is 2.05. The van der Waals surface area contributed by atoms with Gasteiger partial charge in [-0.3, -0.25) is 0 Å². The lowest BCUT2D eigenvalue weighted by molar-refractivity contribution is 0.0695. The van der Waals surface area contributed by atoms with Crippen LogP contribution in [-0.4, -0.2) is 11.1 Å². The van der Waals surface area contributed by atoms with E-state index in [-0.39, 0.29) is 5.56 Å². The fraction of sp³-hybridized carbons (Fsp3) is 0. The van der Waals surface area contributed by atoms with E-state index in [4.69, 9.17) is 5.11 Å². The first-order chi connectivity index (χ1) is 5.52. The van der Waals surface area contributed by atoms with E-state index in [0.717, 1.165) is 6.07 Å². The predicted molar refractivity (Wildman–Crippen MR) is 53.8 cm³/mol. The molecule has 1 rings (SSSR count). The Balaban J connectivity index is 3.33. The van der Waals surface area contributed by atoms with Crippen molar-refractivity contribution in [1.29, 1.82) is 0 Å². The molecule has 0 heterocycles. The molecule has 0 saturated heterocycles. The second kappa shape index (κ2) is 3.69. The van der Waals surface area contributed by atoms with Gasteiger partial charge in [-0.2, -0.15) is 0 Å². The first-order valence-corrected chi connectivity index (χ1v) is 4.77. The van der Waals surface area contributed by atoms with Crippen molar-refractivity contribution in [2.75, 3.05) is 0 Å². The molecule has 0 aromatic heterocycles. The highest BCUT2D eigenvalue weighted by molar-refractivity contribution is 14.1. The lowest BCUT2D eigenvalue weighted by Gasteiger charge is -2.00. The van der Waals surface area contributed by atoms with Gasteiger partial charge >= 0.3 is 5.97 Å². The number of aromatic carboxylic acids is 1. The van der Waals surface area contributed by atoms with Crippen molar-refractivity contribution in [3.05, 3.63) is 31.6 Å². The summed E-state index contributed by atoms with van der Waals surface area (Å²) in [6, 6.07) is 2.42. The number of rotatable bonds is 1. The van der Waals surface area contributed by atoms with E-state index in [9.17, 15) is 9.18 Å². The van der Waals surface area contributed by atoms with Crippen LogP contribution in [0.4, 0.5) is 4.39 Å². The van der Waals surface area contributed by atoms with E-state index in [1.807, 2.05) is 0 Å². The molecule has 64 valence electrons. The van der Waals surface area contributed by atoms with Gasteiger partial charge in [-0.05, 0) is 50.7 Å². The fourth-order valence-electron chi connectivity index (χ4n) is 0.686. The van der Waals surface area contributed by atoms with E-state index < -0.39 is 11.8 Å². The Labute approximate surface area is 90.0 Å². The highest BCUT2D eigenvalue weighted by atomic mass is 127. The largest absolute Gasteiger partial charge is 0.478 e. The molecule has 1 aromatic rings. The molecule has 0 unspecified atom stereocenters. The second-order valence-corrected chi connectivity index (χ2v) is 4.07. The van der Waals surface area contributed by atoms with Crippen molar-refractivity contribution < 1.29 is 14.3 Å². The Morgan fingerprint density at radius 2 is 2.17 bits per heavy atom. The summed E-state index contributed by atoms with van der Waals surface area (Å²) < 4.78 is 13.6. The molecule has 0 radical (unpaired) electrons. The van der Waals surface area contributed by atoms with Gasteiger partial charge in [0.25, 0.3) is 0 Å². The number of benzene rings is 1. The minimum absolute atomic E-state index is 0.0621. The van der Waals surface area contributed by atoms with Crippen LogP contribution in [0.5, 0.6) is 0 Å². The molecule has 1 N–H and O–H groups in total. The maximum absolute atomic E-state index is 12.8.